The average molecular weight is 395 g/mol. The summed E-state index contributed by atoms with van der Waals surface area (Å²) in [5, 5.41) is 11.1. The molecule has 3 aromatic rings. The minimum absolute atomic E-state index is 0.189. The van der Waals surface area contributed by atoms with E-state index in [0.29, 0.717) is 24.5 Å². The number of benzene rings is 2. The van der Waals surface area contributed by atoms with Crippen molar-refractivity contribution in [3.05, 3.63) is 96.8 Å². The molecule has 0 unspecified atom stereocenters. The normalized spacial score (nSPS) is 10.8. The van der Waals surface area contributed by atoms with Crippen LogP contribution in [0.3, 0.4) is 0 Å². The molecular formula is C20H17N3O6. The van der Waals surface area contributed by atoms with Crippen LogP contribution in [0.5, 0.6) is 11.5 Å². The maximum Gasteiger partial charge on any atom is 0.357 e. The van der Waals surface area contributed by atoms with Crippen LogP contribution in [0.15, 0.2) is 64.2 Å². The van der Waals surface area contributed by atoms with Crippen molar-refractivity contribution in [2.75, 3.05) is 13.2 Å². The lowest BCUT2D eigenvalue weighted by Gasteiger charge is -2.08. The molecule has 1 heterocycles. The molecule has 0 amide bonds. The van der Waals surface area contributed by atoms with Gasteiger partial charge in [0.1, 0.15) is 30.4 Å². The molecular weight excluding hydrogens is 378 g/mol. The number of rotatable bonds is 8. The molecule has 0 atom stereocenters. The lowest BCUT2D eigenvalue weighted by Crippen LogP contribution is -2.25. The van der Waals surface area contributed by atoms with E-state index in [1.807, 2.05) is 35.3 Å². The molecule has 1 aromatic heterocycles. The van der Waals surface area contributed by atoms with Gasteiger partial charge in [0.05, 0.1) is 4.92 Å². The van der Waals surface area contributed by atoms with E-state index in [0.717, 1.165) is 5.75 Å². The number of H-pyrrole nitrogens is 2. The first-order chi connectivity index (χ1) is 14.0. The van der Waals surface area contributed by atoms with Crippen LogP contribution in [0.1, 0.15) is 11.3 Å². The number of ether oxygens (including phenoxy) is 2. The number of hydrogen-bond donors (Lipinski definition) is 2. The molecule has 0 spiro atoms. The van der Waals surface area contributed by atoms with Gasteiger partial charge in [-0.15, -0.1) is 0 Å². The number of nitrogens with one attached hydrogen (secondary N) is 2. The maximum atomic E-state index is 11.6. The minimum atomic E-state index is -1.06. The highest BCUT2D eigenvalue weighted by molar-refractivity contribution is 5.72. The fraction of sp³-hybridized carbons (Fsp3) is 0.100. The predicted octanol–water partition coefficient (Wildman–Crippen LogP) is 2.60. The summed E-state index contributed by atoms with van der Waals surface area (Å²) in [6, 6.07) is 16.3. The van der Waals surface area contributed by atoms with Crippen LogP contribution in [0, 0.1) is 10.1 Å². The van der Waals surface area contributed by atoms with Gasteiger partial charge in [0.2, 0.25) is 0 Å². The highest BCUT2D eigenvalue weighted by Crippen LogP contribution is 2.17. The third kappa shape index (κ3) is 5.42. The number of aromatic amines is 2. The number of nitro groups is 1. The molecule has 9 heteroatoms. The van der Waals surface area contributed by atoms with Gasteiger partial charge in [-0.3, -0.25) is 19.9 Å². The van der Waals surface area contributed by atoms with Gasteiger partial charge < -0.3 is 14.5 Å². The fourth-order valence-electron chi connectivity index (χ4n) is 2.52. The van der Waals surface area contributed by atoms with E-state index in [2.05, 4.69) is 4.98 Å². The van der Waals surface area contributed by atoms with Crippen LogP contribution >= 0.6 is 0 Å². The van der Waals surface area contributed by atoms with Crippen molar-refractivity contribution in [3.8, 4) is 11.5 Å². The Kier molecular flexibility index (Phi) is 6.21. The van der Waals surface area contributed by atoms with E-state index >= 15 is 0 Å². The summed E-state index contributed by atoms with van der Waals surface area (Å²) < 4.78 is 11.2. The van der Waals surface area contributed by atoms with E-state index in [4.69, 9.17) is 9.47 Å². The Morgan fingerprint density at radius 2 is 1.59 bits per heavy atom. The molecule has 9 nitrogen and oxygen atoms in total. The molecule has 0 aliphatic heterocycles. The van der Waals surface area contributed by atoms with Crippen molar-refractivity contribution in [1.29, 1.82) is 0 Å². The molecule has 29 heavy (non-hydrogen) atoms. The average Bonchev–Trinajstić information content (AvgIpc) is 2.70. The summed E-state index contributed by atoms with van der Waals surface area (Å²) in [7, 11) is 0. The third-order valence-corrected chi connectivity index (χ3v) is 3.79. The molecule has 2 N–H and O–H groups in total. The second-order valence-corrected chi connectivity index (χ2v) is 5.84. The quantitative estimate of drug-likeness (QED) is 0.343. The van der Waals surface area contributed by atoms with Gasteiger partial charge in [0.15, 0.2) is 0 Å². The van der Waals surface area contributed by atoms with Crippen LogP contribution in [0.25, 0.3) is 12.2 Å². The Bertz CT molecular complexity index is 1130. The Balaban J connectivity index is 1.66. The van der Waals surface area contributed by atoms with Gasteiger partial charge in [0, 0.05) is 0 Å². The Hall–Kier alpha value is -4.14. The largest absolute Gasteiger partial charge is 0.490 e. The number of aromatic nitrogens is 2. The molecule has 148 valence electrons. The standard InChI is InChI=1S/C20H17N3O6/c24-19-18(23(26)27)17(21-20(25)22-19)10-9-14-5-4-8-16(13-14)29-12-11-28-15-6-2-1-3-7-15/h1-10,13H,11-12H2,(H2,21,22,24,25)/b10-9+. The van der Waals surface area contributed by atoms with Crippen molar-refractivity contribution < 1.29 is 14.4 Å². The summed E-state index contributed by atoms with van der Waals surface area (Å²) in [5.41, 5.74) is -2.13. The molecule has 0 aliphatic carbocycles. The van der Waals surface area contributed by atoms with Crippen molar-refractivity contribution in [1.82, 2.24) is 9.97 Å². The van der Waals surface area contributed by atoms with Crippen molar-refractivity contribution >= 4 is 17.8 Å². The highest BCUT2D eigenvalue weighted by Gasteiger charge is 2.18. The van der Waals surface area contributed by atoms with Crippen LogP contribution < -0.4 is 20.7 Å². The summed E-state index contributed by atoms with van der Waals surface area (Å²) in [4.78, 5) is 37.3. The highest BCUT2D eigenvalue weighted by atomic mass is 16.6. The van der Waals surface area contributed by atoms with Crippen LogP contribution in [0.4, 0.5) is 5.69 Å². The van der Waals surface area contributed by atoms with E-state index in [1.54, 1.807) is 24.3 Å². The first-order valence-corrected chi connectivity index (χ1v) is 8.63. The first-order valence-electron chi connectivity index (χ1n) is 8.63. The first kappa shape index (κ1) is 19.6. The molecule has 0 fully saturated rings. The zero-order valence-electron chi connectivity index (χ0n) is 15.2. The third-order valence-electron chi connectivity index (χ3n) is 3.79. The summed E-state index contributed by atoms with van der Waals surface area (Å²) in [6.07, 6.45) is 2.83. The van der Waals surface area contributed by atoms with Crippen LogP contribution in [-0.2, 0) is 0 Å². The van der Waals surface area contributed by atoms with Gasteiger partial charge in [0.25, 0.3) is 0 Å². The van der Waals surface area contributed by atoms with Gasteiger partial charge >= 0.3 is 16.9 Å². The molecule has 0 saturated heterocycles. The number of para-hydroxylation sites is 1. The second kappa shape index (κ2) is 9.18. The summed E-state index contributed by atoms with van der Waals surface area (Å²) in [6.45, 7) is 0.694. The second-order valence-electron chi connectivity index (χ2n) is 5.84. The smallest absolute Gasteiger partial charge is 0.357 e. The lowest BCUT2D eigenvalue weighted by molar-refractivity contribution is -0.386. The molecule has 0 aliphatic rings. The van der Waals surface area contributed by atoms with Gasteiger partial charge in [-0.05, 0) is 35.9 Å². The van der Waals surface area contributed by atoms with Crippen molar-refractivity contribution in [2.24, 2.45) is 0 Å². The van der Waals surface area contributed by atoms with Crippen molar-refractivity contribution in [3.63, 3.8) is 0 Å². The summed E-state index contributed by atoms with van der Waals surface area (Å²) in [5.74, 6) is 1.33. The summed E-state index contributed by atoms with van der Waals surface area (Å²) >= 11 is 0. The molecule has 3 rings (SSSR count). The van der Waals surface area contributed by atoms with E-state index in [9.17, 15) is 19.7 Å². The van der Waals surface area contributed by atoms with E-state index in [-0.39, 0.29) is 5.69 Å². The Morgan fingerprint density at radius 1 is 0.897 bits per heavy atom. The Morgan fingerprint density at radius 3 is 2.31 bits per heavy atom. The fourth-order valence-corrected chi connectivity index (χ4v) is 2.52. The minimum Gasteiger partial charge on any atom is -0.490 e. The zero-order valence-corrected chi connectivity index (χ0v) is 15.2. The molecule has 2 aromatic carbocycles. The zero-order chi connectivity index (χ0) is 20.6. The van der Waals surface area contributed by atoms with Crippen LogP contribution in [0.2, 0.25) is 0 Å². The van der Waals surface area contributed by atoms with Gasteiger partial charge in [-0.1, -0.05) is 36.4 Å². The predicted molar refractivity (Wildman–Crippen MR) is 107 cm³/mol. The topological polar surface area (TPSA) is 127 Å². The maximum absolute atomic E-state index is 11.6. The van der Waals surface area contributed by atoms with Gasteiger partial charge in [-0.25, -0.2) is 4.79 Å². The molecule has 0 radical (unpaired) electrons. The lowest BCUT2D eigenvalue weighted by atomic mass is 10.2. The SMILES string of the molecule is O=c1[nH]c(/C=C/c2cccc(OCCOc3ccccc3)c2)c([N+](=O)[O-])c(=O)[nH]1. The van der Waals surface area contributed by atoms with Crippen molar-refractivity contribution in [2.45, 2.75) is 0 Å². The molecule has 0 bridgehead atoms. The Labute approximate surface area is 164 Å². The van der Waals surface area contributed by atoms with Crippen LogP contribution in [-0.4, -0.2) is 28.1 Å². The monoisotopic (exact) mass is 395 g/mol. The number of nitrogens with zero attached hydrogens (tertiary/aromatic N) is 1. The van der Waals surface area contributed by atoms with Gasteiger partial charge in [-0.2, -0.15) is 0 Å². The molecule has 0 saturated carbocycles. The van der Waals surface area contributed by atoms with E-state index in [1.165, 1.54) is 12.2 Å². The van der Waals surface area contributed by atoms with E-state index < -0.39 is 21.9 Å². The number of hydrogen-bond acceptors (Lipinski definition) is 6.